The number of ether oxygens (including phenoxy) is 2. The average Bonchev–Trinajstić information content (AvgIpc) is 3.15. The first kappa shape index (κ1) is 23.9. The number of aromatic nitrogens is 4. The highest BCUT2D eigenvalue weighted by Gasteiger charge is 2.38. The van der Waals surface area contributed by atoms with E-state index in [0.29, 0.717) is 50.3 Å². The lowest BCUT2D eigenvalue weighted by molar-refractivity contribution is 0.0287. The predicted molar refractivity (Wildman–Crippen MR) is 130 cm³/mol. The Hall–Kier alpha value is -3.21. The van der Waals surface area contributed by atoms with Crippen molar-refractivity contribution in [3.05, 3.63) is 18.5 Å². The maximum Gasteiger partial charge on any atom is 0.410 e. The van der Waals surface area contributed by atoms with Crippen LogP contribution >= 0.6 is 0 Å². The second kappa shape index (κ2) is 9.21. The molecular formula is C23H34N8O3. The van der Waals surface area contributed by atoms with E-state index in [4.69, 9.17) is 25.2 Å². The highest BCUT2D eigenvalue weighted by molar-refractivity contribution is 5.69. The number of amides is 1. The van der Waals surface area contributed by atoms with Gasteiger partial charge in [0.25, 0.3) is 0 Å². The summed E-state index contributed by atoms with van der Waals surface area (Å²) in [5, 5.41) is 3.56. The molecule has 2 aromatic rings. The van der Waals surface area contributed by atoms with Gasteiger partial charge in [0.15, 0.2) is 0 Å². The van der Waals surface area contributed by atoms with Gasteiger partial charge < -0.3 is 30.3 Å². The second-order valence-corrected chi connectivity index (χ2v) is 10.2. The Bertz CT molecular complexity index is 1030. The molecule has 1 amide bonds. The molecule has 11 nitrogen and oxygen atoms in total. The number of carbonyl (C=O) groups is 1. The summed E-state index contributed by atoms with van der Waals surface area (Å²) < 4.78 is 11.1. The van der Waals surface area contributed by atoms with Gasteiger partial charge in [-0.05, 0) is 41.0 Å². The van der Waals surface area contributed by atoms with E-state index < -0.39 is 5.60 Å². The fourth-order valence-corrected chi connectivity index (χ4v) is 4.12. The molecule has 0 spiro atoms. The van der Waals surface area contributed by atoms with Gasteiger partial charge >= 0.3 is 6.09 Å². The fourth-order valence-electron chi connectivity index (χ4n) is 4.12. The topological polar surface area (TPSA) is 132 Å². The molecule has 0 unspecified atom stereocenters. The molecule has 2 fully saturated rings. The SMILES string of the molecule is C[C@H]1COCCN1c1nc(N[C@]2(C)CCN(C(=O)OC(C)(C)C)C2)cc(-c2cnc(N)nc2)n1. The van der Waals surface area contributed by atoms with Crippen molar-refractivity contribution in [2.45, 2.75) is 58.2 Å². The minimum absolute atomic E-state index is 0.143. The number of nitrogens with one attached hydrogen (secondary N) is 1. The molecule has 0 bridgehead atoms. The van der Waals surface area contributed by atoms with Gasteiger partial charge in [0.05, 0.1) is 30.5 Å². The number of likely N-dealkylation sites (tertiary alicyclic amines) is 1. The Morgan fingerprint density at radius 2 is 2.00 bits per heavy atom. The smallest absolute Gasteiger partial charge is 0.410 e. The van der Waals surface area contributed by atoms with E-state index >= 15 is 0 Å². The Morgan fingerprint density at radius 1 is 1.26 bits per heavy atom. The van der Waals surface area contributed by atoms with E-state index in [0.717, 1.165) is 12.0 Å². The zero-order chi connectivity index (χ0) is 24.5. The first-order valence-corrected chi connectivity index (χ1v) is 11.6. The van der Waals surface area contributed by atoms with Gasteiger partial charge in [-0.3, -0.25) is 0 Å². The number of nitrogens with two attached hydrogens (primary N) is 1. The molecule has 3 N–H and O–H groups in total. The average molecular weight is 471 g/mol. The van der Waals surface area contributed by atoms with E-state index in [9.17, 15) is 4.79 Å². The molecule has 2 atom stereocenters. The molecule has 4 rings (SSSR count). The van der Waals surface area contributed by atoms with Crippen molar-refractivity contribution in [2.75, 3.05) is 48.8 Å². The molecule has 0 aliphatic carbocycles. The zero-order valence-corrected chi connectivity index (χ0v) is 20.5. The van der Waals surface area contributed by atoms with Gasteiger partial charge in [0, 0.05) is 43.7 Å². The standard InChI is InChI=1S/C23H34N8O3/c1-15-13-33-9-8-31(15)20-27-17(16-11-25-19(24)26-12-16)10-18(28-20)29-23(5)6-7-30(14-23)21(32)34-22(2,3)4/h10-12,15H,6-9,13-14H2,1-5H3,(H2,24,25,26)(H,27,28,29)/t15-,23+/m0/s1. The minimum atomic E-state index is -0.532. The van der Waals surface area contributed by atoms with Crippen LogP contribution in [0.4, 0.5) is 22.5 Å². The molecule has 2 aromatic heterocycles. The molecule has 0 radical (unpaired) electrons. The van der Waals surface area contributed by atoms with E-state index in [1.807, 2.05) is 26.8 Å². The number of hydrogen-bond acceptors (Lipinski definition) is 10. The van der Waals surface area contributed by atoms with Gasteiger partial charge in [-0.15, -0.1) is 0 Å². The predicted octanol–water partition coefficient (Wildman–Crippen LogP) is 2.55. The summed E-state index contributed by atoms with van der Waals surface area (Å²) in [6.45, 7) is 12.8. The Kier molecular flexibility index (Phi) is 6.48. The van der Waals surface area contributed by atoms with Crippen LogP contribution in [0.2, 0.25) is 0 Å². The molecule has 2 aliphatic rings. The van der Waals surface area contributed by atoms with Gasteiger partial charge in [0.1, 0.15) is 11.4 Å². The fraction of sp³-hybridized carbons (Fsp3) is 0.609. The van der Waals surface area contributed by atoms with Crippen molar-refractivity contribution in [2.24, 2.45) is 0 Å². The summed E-state index contributed by atoms with van der Waals surface area (Å²) in [6, 6.07) is 2.02. The number of rotatable bonds is 4. The van der Waals surface area contributed by atoms with E-state index in [2.05, 4.69) is 34.0 Å². The molecule has 0 aromatic carbocycles. The van der Waals surface area contributed by atoms with Crippen LogP contribution in [0.3, 0.4) is 0 Å². The number of anilines is 3. The summed E-state index contributed by atoms with van der Waals surface area (Å²) in [7, 11) is 0. The Morgan fingerprint density at radius 3 is 2.68 bits per heavy atom. The first-order valence-electron chi connectivity index (χ1n) is 11.6. The Labute approximate surface area is 200 Å². The van der Waals surface area contributed by atoms with Crippen LogP contribution in [0, 0.1) is 0 Å². The lowest BCUT2D eigenvalue weighted by Gasteiger charge is -2.34. The van der Waals surface area contributed by atoms with Crippen molar-refractivity contribution in [1.82, 2.24) is 24.8 Å². The summed E-state index contributed by atoms with van der Waals surface area (Å²) in [5.41, 5.74) is 6.21. The minimum Gasteiger partial charge on any atom is -0.444 e. The van der Waals surface area contributed by atoms with Crippen LogP contribution in [0.1, 0.15) is 41.0 Å². The van der Waals surface area contributed by atoms with Crippen molar-refractivity contribution < 1.29 is 14.3 Å². The number of hydrogen-bond donors (Lipinski definition) is 2. The van der Waals surface area contributed by atoms with Crippen molar-refractivity contribution in [3.8, 4) is 11.3 Å². The van der Waals surface area contributed by atoms with Crippen LogP contribution in [0.5, 0.6) is 0 Å². The third-order valence-corrected chi connectivity index (χ3v) is 5.86. The maximum atomic E-state index is 12.6. The molecule has 34 heavy (non-hydrogen) atoms. The van der Waals surface area contributed by atoms with Gasteiger partial charge in [-0.1, -0.05) is 0 Å². The molecule has 11 heteroatoms. The molecule has 2 saturated heterocycles. The highest BCUT2D eigenvalue weighted by Crippen LogP contribution is 2.30. The zero-order valence-electron chi connectivity index (χ0n) is 20.5. The summed E-state index contributed by atoms with van der Waals surface area (Å²) in [6.07, 6.45) is 3.77. The van der Waals surface area contributed by atoms with Crippen molar-refractivity contribution >= 4 is 23.8 Å². The van der Waals surface area contributed by atoms with Crippen LogP contribution < -0.4 is 16.0 Å². The quantitative estimate of drug-likeness (QED) is 0.687. The highest BCUT2D eigenvalue weighted by atomic mass is 16.6. The lowest BCUT2D eigenvalue weighted by Crippen LogP contribution is -2.45. The number of nitrogens with zero attached hydrogens (tertiary/aromatic N) is 6. The van der Waals surface area contributed by atoms with Gasteiger partial charge in [-0.25, -0.2) is 19.7 Å². The normalized spacial score (nSPS) is 23.1. The Balaban J connectivity index is 1.60. The number of nitrogen functional groups attached to an aromatic ring is 1. The molecule has 184 valence electrons. The third kappa shape index (κ3) is 5.64. The monoisotopic (exact) mass is 470 g/mol. The van der Waals surface area contributed by atoms with E-state index in [1.54, 1.807) is 17.3 Å². The summed E-state index contributed by atoms with van der Waals surface area (Å²) in [4.78, 5) is 34.3. The van der Waals surface area contributed by atoms with Crippen LogP contribution in [0.15, 0.2) is 18.5 Å². The lowest BCUT2D eigenvalue weighted by atomic mass is 10.0. The number of morpholine rings is 1. The van der Waals surface area contributed by atoms with E-state index in [1.165, 1.54) is 0 Å². The summed E-state index contributed by atoms with van der Waals surface area (Å²) >= 11 is 0. The van der Waals surface area contributed by atoms with Crippen molar-refractivity contribution in [3.63, 3.8) is 0 Å². The largest absolute Gasteiger partial charge is 0.444 e. The van der Waals surface area contributed by atoms with Crippen LogP contribution in [-0.2, 0) is 9.47 Å². The first-order chi connectivity index (χ1) is 16.0. The van der Waals surface area contributed by atoms with Crippen molar-refractivity contribution in [1.29, 1.82) is 0 Å². The second-order valence-electron chi connectivity index (χ2n) is 10.2. The van der Waals surface area contributed by atoms with Gasteiger partial charge in [-0.2, -0.15) is 4.98 Å². The third-order valence-electron chi connectivity index (χ3n) is 5.86. The molecule has 0 saturated carbocycles. The summed E-state index contributed by atoms with van der Waals surface area (Å²) in [5.74, 6) is 1.49. The van der Waals surface area contributed by atoms with Gasteiger partial charge in [0.2, 0.25) is 11.9 Å². The van der Waals surface area contributed by atoms with E-state index in [-0.39, 0.29) is 23.6 Å². The molecular weight excluding hydrogens is 436 g/mol. The molecule has 4 heterocycles. The van der Waals surface area contributed by atoms with Crippen LogP contribution in [-0.4, -0.2) is 81.0 Å². The maximum absolute atomic E-state index is 12.6. The number of carbonyl (C=O) groups excluding carboxylic acids is 1. The van der Waals surface area contributed by atoms with Crippen LogP contribution in [0.25, 0.3) is 11.3 Å². The molecule has 2 aliphatic heterocycles.